The molecule has 0 aromatic heterocycles. The Morgan fingerprint density at radius 1 is 1.18 bits per heavy atom. The Balaban J connectivity index is 1.83. The van der Waals surface area contributed by atoms with Gasteiger partial charge in [0, 0.05) is 32.7 Å². The van der Waals surface area contributed by atoms with Crippen LogP contribution in [0.4, 0.5) is 0 Å². The summed E-state index contributed by atoms with van der Waals surface area (Å²) in [5.41, 5.74) is 0.540. The van der Waals surface area contributed by atoms with Crippen molar-refractivity contribution >= 4 is 23.4 Å². The van der Waals surface area contributed by atoms with Gasteiger partial charge in [0.05, 0.1) is 17.1 Å². The van der Waals surface area contributed by atoms with Gasteiger partial charge in [-0.25, -0.2) is 0 Å². The molecule has 0 saturated carbocycles. The van der Waals surface area contributed by atoms with Crippen molar-refractivity contribution in [1.29, 1.82) is 0 Å². The second-order valence-electron chi connectivity index (χ2n) is 5.40. The Kier molecular flexibility index (Phi) is 6.21. The molecule has 0 bridgehead atoms. The van der Waals surface area contributed by atoms with Crippen molar-refractivity contribution < 1.29 is 9.59 Å². The minimum atomic E-state index is -0.0410. The molecule has 5 nitrogen and oxygen atoms in total. The predicted molar refractivity (Wildman–Crippen MR) is 87.1 cm³/mol. The molecular formula is C16H22ClN3O2. The molecular weight excluding hydrogens is 302 g/mol. The van der Waals surface area contributed by atoms with Crippen LogP contribution in [0.2, 0.25) is 5.02 Å². The highest BCUT2D eigenvalue weighted by atomic mass is 35.5. The number of rotatable bonds is 5. The number of nitrogens with zero attached hydrogens (tertiary/aromatic N) is 2. The molecule has 0 aliphatic carbocycles. The first-order chi connectivity index (χ1) is 10.6. The first-order valence-corrected chi connectivity index (χ1v) is 8.02. The van der Waals surface area contributed by atoms with E-state index in [1.54, 1.807) is 17.0 Å². The number of halogens is 1. The molecule has 0 atom stereocenters. The molecule has 0 spiro atoms. The van der Waals surface area contributed by atoms with Gasteiger partial charge < -0.3 is 10.2 Å². The van der Waals surface area contributed by atoms with Crippen LogP contribution in [-0.2, 0) is 4.79 Å². The summed E-state index contributed by atoms with van der Waals surface area (Å²) >= 11 is 6.07. The maximum absolute atomic E-state index is 12.4. The molecule has 2 rings (SSSR count). The van der Waals surface area contributed by atoms with Crippen LogP contribution in [0.1, 0.15) is 23.7 Å². The highest BCUT2D eigenvalue weighted by Crippen LogP contribution is 2.18. The van der Waals surface area contributed by atoms with Crippen LogP contribution >= 0.6 is 11.6 Å². The minimum Gasteiger partial charge on any atom is -0.355 e. The molecule has 0 unspecified atom stereocenters. The van der Waals surface area contributed by atoms with Crippen LogP contribution in [-0.4, -0.2) is 60.9 Å². The van der Waals surface area contributed by atoms with Crippen LogP contribution < -0.4 is 5.32 Å². The predicted octanol–water partition coefficient (Wildman–Crippen LogP) is 1.62. The molecule has 6 heteroatoms. The monoisotopic (exact) mass is 323 g/mol. The van der Waals surface area contributed by atoms with Gasteiger partial charge >= 0.3 is 0 Å². The van der Waals surface area contributed by atoms with Crippen LogP contribution in [0.3, 0.4) is 0 Å². The van der Waals surface area contributed by atoms with E-state index in [0.29, 0.717) is 49.9 Å². The number of benzene rings is 1. The van der Waals surface area contributed by atoms with E-state index in [2.05, 4.69) is 10.2 Å². The summed E-state index contributed by atoms with van der Waals surface area (Å²) < 4.78 is 0. The van der Waals surface area contributed by atoms with E-state index in [0.717, 1.165) is 6.42 Å². The fourth-order valence-corrected chi connectivity index (χ4v) is 2.65. The number of carbonyl (C=O) groups is 2. The van der Waals surface area contributed by atoms with Gasteiger partial charge in [0.2, 0.25) is 5.91 Å². The van der Waals surface area contributed by atoms with Crippen molar-refractivity contribution in [2.24, 2.45) is 0 Å². The van der Waals surface area contributed by atoms with E-state index in [-0.39, 0.29) is 11.8 Å². The maximum Gasteiger partial charge on any atom is 0.255 e. The summed E-state index contributed by atoms with van der Waals surface area (Å²) in [6.45, 7) is 5.78. The van der Waals surface area contributed by atoms with Gasteiger partial charge in [-0.2, -0.15) is 0 Å². The lowest BCUT2D eigenvalue weighted by atomic mass is 10.2. The SMILES string of the molecule is CCCNC(=O)CN1CCN(C(=O)c2ccccc2Cl)CC1. The van der Waals surface area contributed by atoms with E-state index in [1.807, 2.05) is 19.1 Å². The molecule has 0 radical (unpaired) electrons. The molecule has 1 aromatic rings. The Bertz CT molecular complexity index is 528. The van der Waals surface area contributed by atoms with E-state index in [4.69, 9.17) is 11.6 Å². The zero-order valence-electron chi connectivity index (χ0n) is 12.8. The minimum absolute atomic E-state index is 0.0410. The zero-order chi connectivity index (χ0) is 15.9. The summed E-state index contributed by atoms with van der Waals surface area (Å²) in [6, 6.07) is 7.09. The van der Waals surface area contributed by atoms with Gasteiger partial charge in [0.1, 0.15) is 0 Å². The number of hydrogen-bond acceptors (Lipinski definition) is 3. The van der Waals surface area contributed by atoms with Gasteiger partial charge in [-0.15, -0.1) is 0 Å². The zero-order valence-corrected chi connectivity index (χ0v) is 13.6. The van der Waals surface area contributed by atoms with E-state index in [1.165, 1.54) is 0 Å². The third-order valence-electron chi connectivity index (χ3n) is 3.70. The summed E-state index contributed by atoms with van der Waals surface area (Å²) in [5.74, 6) is 0.00779. The van der Waals surface area contributed by atoms with Gasteiger partial charge in [-0.1, -0.05) is 30.7 Å². The maximum atomic E-state index is 12.4. The smallest absolute Gasteiger partial charge is 0.255 e. The van der Waals surface area contributed by atoms with Crippen LogP contribution in [0, 0.1) is 0 Å². The van der Waals surface area contributed by atoms with Crippen LogP contribution in [0.15, 0.2) is 24.3 Å². The molecule has 1 aromatic carbocycles. The van der Waals surface area contributed by atoms with Crippen molar-refractivity contribution in [2.75, 3.05) is 39.3 Å². The highest BCUT2D eigenvalue weighted by Gasteiger charge is 2.24. The molecule has 1 fully saturated rings. The van der Waals surface area contributed by atoms with Gasteiger partial charge in [-0.3, -0.25) is 14.5 Å². The molecule has 2 amide bonds. The number of carbonyl (C=O) groups excluding carboxylic acids is 2. The lowest BCUT2D eigenvalue weighted by molar-refractivity contribution is -0.122. The number of piperazine rings is 1. The molecule has 1 aliphatic heterocycles. The quantitative estimate of drug-likeness (QED) is 0.896. The summed E-state index contributed by atoms with van der Waals surface area (Å²) in [7, 11) is 0. The van der Waals surface area contributed by atoms with E-state index >= 15 is 0 Å². The fraction of sp³-hybridized carbons (Fsp3) is 0.500. The van der Waals surface area contributed by atoms with Crippen molar-refractivity contribution in [3.8, 4) is 0 Å². The largest absolute Gasteiger partial charge is 0.355 e. The summed E-state index contributed by atoms with van der Waals surface area (Å²) in [5, 5.41) is 3.35. The Hall–Kier alpha value is -1.59. The normalized spacial score (nSPS) is 15.6. The third kappa shape index (κ3) is 4.45. The van der Waals surface area contributed by atoms with E-state index < -0.39 is 0 Å². The summed E-state index contributed by atoms with van der Waals surface area (Å²) in [4.78, 5) is 28.0. The second-order valence-corrected chi connectivity index (χ2v) is 5.81. The Morgan fingerprint density at radius 3 is 2.50 bits per heavy atom. The van der Waals surface area contributed by atoms with Crippen LogP contribution in [0.5, 0.6) is 0 Å². The lowest BCUT2D eigenvalue weighted by Crippen LogP contribution is -2.51. The molecule has 120 valence electrons. The summed E-state index contributed by atoms with van der Waals surface area (Å²) in [6.07, 6.45) is 0.936. The average molecular weight is 324 g/mol. The Labute approximate surface area is 136 Å². The highest BCUT2D eigenvalue weighted by molar-refractivity contribution is 6.33. The lowest BCUT2D eigenvalue weighted by Gasteiger charge is -2.34. The molecule has 1 saturated heterocycles. The molecule has 1 aliphatic rings. The first kappa shape index (κ1) is 16.8. The fourth-order valence-electron chi connectivity index (χ4n) is 2.44. The standard InChI is InChI=1S/C16H22ClN3O2/c1-2-7-18-15(21)12-19-8-10-20(11-9-19)16(22)13-5-3-4-6-14(13)17/h3-6H,2,7-12H2,1H3,(H,18,21). The van der Waals surface area contributed by atoms with Gasteiger partial charge in [-0.05, 0) is 18.6 Å². The first-order valence-electron chi connectivity index (χ1n) is 7.64. The van der Waals surface area contributed by atoms with E-state index in [9.17, 15) is 9.59 Å². The number of hydrogen-bond donors (Lipinski definition) is 1. The van der Waals surface area contributed by atoms with Crippen LogP contribution in [0.25, 0.3) is 0 Å². The van der Waals surface area contributed by atoms with Gasteiger partial charge in [0.25, 0.3) is 5.91 Å². The topological polar surface area (TPSA) is 52.7 Å². The number of amides is 2. The molecule has 1 heterocycles. The molecule has 1 N–H and O–H groups in total. The van der Waals surface area contributed by atoms with Crippen molar-refractivity contribution in [2.45, 2.75) is 13.3 Å². The van der Waals surface area contributed by atoms with Crippen molar-refractivity contribution in [3.05, 3.63) is 34.9 Å². The number of nitrogens with one attached hydrogen (secondary N) is 1. The average Bonchev–Trinajstić information content (AvgIpc) is 2.53. The molecule has 22 heavy (non-hydrogen) atoms. The Morgan fingerprint density at radius 2 is 1.86 bits per heavy atom. The van der Waals surface area contributed by atoms with Gasteiger partial charge in [0.15, 0.2) is 0 Å². The third-order valence-corrected chi connectivity index (χ3v) is 4.03. The van der Waals surface area contributed by atoms with Crippen molar-refractivity contribution in [1.82, 2.24) is 15.1 Å². The van der Waals surface area contributed by atoms with Crippen molar-refractivity contribution in [3.63, 3.8) is 0 Å². The second kappa shape index (κ2) is 8.15.